The van der Waals surface area contributed by atoms with Crippen LogP contribution >= 0.6 is 0 Å². The van der Waals surface area contributed by atoms with Crippen LogP contribution in [0.2, 0.25) is 0 Å². The third kappa shape index (κ3) is 12.3. The normalized spacial score (nSPS) is 16.9. The Hall–Kier alpha value is -3.90. The lowest BCUT2D eigenvalue weighted by Crippen LogP contribution is -2.44. The van der Waals surface area contributed by atoms with Crippen molar-refractivity contribution < 1.29 is 38.4 Å². The molecule has 1 saturated heterocycles. The number of aryl methyl sites for hydroxylation is 1. The van der Waals surface area contributed by atoms with Crippen LogP contribution in [0.25, 0.3) is 0 Å². The molecular formula is C35H52N4O8. The van der Waals surface area contributed by atoms with Gasteiger partial charge in [0.15, 0.2) is 0 Å². The van der Waals surface area contributed by atoms with Crippen LogP contribution in [-0.2, 0) is 31.9 Å². The summed E-state index contributed by atoms with van der Waals surface area (Å²) in [7, 11) is 0. The Bertz CT molecular complexity index is 1370. The van der Waals surface area contributed by atoms with Gasteiger partial charge in [-0.25, -0.2) is 19.4 Å². The molecule has 2 heterocycles. The Morgan fingerprint density at radius 2 is 1.51 bits per heavy atom. The molecule has 0 bridgehead atoms. The lowest BCUT2D eigenvalue weighted by atomic mass is 9.98. The van der Waals surface area contributed by atoms with E-state index < -0.39 is 35.1 Å². The highest BCUT2D eigenvalue weighted by atomic mass is 16.6. The quantitative estimate of drug-likeness (QED) is 0.232. The number of anilines is 1. The molecule has 12 nitrogen and oxygen atoms in total. The Morgan fingerprint density at radius 1 is 0.915 bits per heavy atom. The fourth-order valence-corrected chi connectivity index (χ4v) is 4.95. The van der Waals surface area contributed by atoms with Gasteiger partial charge in [-0.1, -0.05) is 18.2 Å². The molecule has 0 saturated carbocycles. The van der Waals surface area contributed by atoms with E-state index in [0.717, 1.165) is 16.0 Å². The lowest BCUT2D eigenvalue weighted by molar-refractivity contribution is 0.0185. The summed E-state index contributed by atoms with van der Waals surface area (Å²) < 4.78 is 23.0. The molecule has 2 aromatic rings. The van der Waals surface area contributed by atoms with E-state index in [1.54, 1.807) is 64.6 Å². The first-order valence-corrected chi connectivity index (χ1v) is 16.0. The van der Waals surface area contributed by atoms with E-state index in [0.29, 0.717) is 44.9 Å². The van der Waals surface area contributed by atoms with Crippen LogP contribution in [0.3, 0.4) is 0 Å². The number of hydrogen-bond acceptors (Lipinski definition) is 10. The Kier molecular flexibility index (Phi) is 12.3. The second-order valence-electron chi connectivity index (χ2n) is 14.9. The van der Waals surface area contributed by atoms with Crippen LogP contribution in [0, 0.1) is 12.8 Å². The van der Waals surface area contributed by atoms with Crippen LogP contribution in [0.5, 0.6) is 5.75 Å². The van der Waals surface area contributed by atoms with Gasteiger partial charge in [0, 0.05) is 36.8 Å². The van der Waals surface area contributed by atoms with E-state index in [9.17, 15) is 19.5 Å². The number of aromatic nitrogens is 1. The van der Waals surface area contributed by atoms with E-state index >= 15 is 0 Å². The minimum Gasteiger partial charge on any atom is -0.508 e. The van der Waals surface area contributed by atoms with Gasteiger partial charge in [-0.2, -0.15) is 4.90 Å². The largest absolute Gasteiger partial charge is 0.508 e. The number of hydrogen-bond donors (Lipinski definition) is 2. The zero-order valence-electron chi connectivity index (χ0n) is 29.5. The van der Waals surface area contributed by atoms with Crippen molar-refractivity contribution in [2.24, 2.45) is 5.92 Å². The zero-order valence-corrected chi connectivity index (χ0v) is 29.5. The number of benzene rings is 1. The molecule has 1 aliphatic heterocycles. The van der Waals surface area contributed by atoms with Gasteiger partial charge in [0.2, 0.25) is 0 Å². The van der Waals surface area contributed by atoms with Crippen molar-refractivity contribution >= 4 is 24.1 Å². The summed E-state index contributed by atoms with van der Waals surface area (Å²) in [5.41, 5.74) is -0.206. The fraction of sp³-hybridized carbons (Fsp3) is 0.600. The first-order valence-electron chi connectivity index (χ1n) is 16.0. The van der Waals surface area contributed by atoms with Crippen LogP contribution in [0.1, 0.15) is 79.1 Å². The van der Waals surface area contributed by atoms with Gasteiger partial charge in [-0.05, 0) is 99.4 Å². The first kappa shape index (κ1) is 37.6. The predicted octanol–water partition coefficient (Wildman–Crippen LogP) is 6.36. The van der Waals surface area contributed by atoms with Crippen molar-refractivity contribution in [2.75, 3.05) is 31.1 Å². The molecule has 260 valence electrons. The van der Waals surface area contributed by atoms with Crippen LogP contribution in [0.4, 0.5) is 20.2 Å². The highest BCUT2D eigenvalue weighted by Gasteiger charge is 2.39. The number of likely N-dealkylation sites (tertiary alicyclic amines) is 1. The molecule has 3 rings (SSSR count). The van der Waals surface area contributed by atoms with Gasteiger partial charge in [0.05, 0.1) is 19.3 Å². The third-order valence-electron chi connectivity index (χ3n) is 6.81. The number of carbonyl (C=O) groups is 3. The Labute approximate surface area is 278 Å². The lowest BCUT2D eigenvalue weighted by Gasteiger charge is -2.28. The number of amides is 3. The minimum absolute atomic E-state index is 0.0799. The molecule has 2 N–H and O–H groups in total. The molecule has 47 heavy (non-hydrogen) atoms. The smallest absolute Gasteiger partial charge is 0.425 e. The number of phenols is 1. The molecule has 0 aliphatic carbocycles. The fourth-order valence-electron chi connectivity index (χ4n) is 4.95. The van der Waals surface area contributed by atoms with Gasteiger partial charge in [0.1, 0.15) is 28.4 Å². The SMILES string of the molecule is Cc1cc(C[C@H]2CN(C(=O)OC(C)(C)C)C[C@H]2OCCNCc2ccccc2O)nc(N(C(=O)OC(C)(C)C)C(=O)OC(C)(C)C)c1. The highest BCUT2D eigenvalue weighted by molar-refractivity contribution is 6.08. The summed E-state index contributed by atoms with van der Waals surface area (Å²) in [5.74, 6) is 0.155. The molecule has 0 unspecified atom stereocenters. The maximum atomic E-state index is 13.3. The molecule has 1 aromatic carbocycles. The van der Waals surface area contributed by atoms with Gasteiger partial charge >= 0.3 is 18.3 Å². The number of aromatic hydroxyl groups is 1. The van der Waals surface area contributed by atoms with Gasteiger partial charge in [0.25, 0.3) is 0 Å². The number of phenolic OH excluding ortho intramolecular Hbond substituents is 1. The number of para-hydroxylation sites is 1. The maximum absolute atomic E-state index is 13.3. The zero-order chi connectivity index (χ0) is 35.2. The van der Waals surface area contributed by atoms with Crippen LogP contribution in [0.15, 0.2) is 36.4 Å². The van der Waals surface area contributed by atoms with E-state index in [2.05, 4.69) is 5.32 Å². The van der Waals surface area contributed by atoms with Crippen molar-refractivity contribution in [2.45, 2.75) is 105 Å². The summed E-state index contributed by atoms with van der Waals surface area (Å²) in [5, 5.41) is 13.3. The molecule has 1 fully saturated rings. The van der Waals surface area contributed by atoms with Crippen molar-refractivity contribution in [3.05, 3.63) is 53.2 Å². The van der Waals surface area contributed by atoms with Gasteiger partial charge in [-0.15, -0.1) is 0 Å². The number of ether oxygens (including phenoxy) is 4. The summed E-state index contributed by atoms with van der Waals surface area (Å²) >= 11 is 0. The molecule has 3 amide bonds. The topological polar surface area (TPSA) is 140 Å². The second kappa shape index (κ2) is 15.3. The van der Waals surface area contributed by atoms with Crippen molar-refractivity contribution in [1.29, 1.82) is 0 Å². The van der Waals surface area contributed by atoms with Crippen molar-refractivity contribution in [3.63, 3.8) is 0 Å². The number of rotatable bonds is 9. The molecule has 0 spiro atoms. The van der Waals surface area contributed by atoms with E-state index in [1.807, 2.05) is 45.9 Å². The van der Waals surface area contributed by atoms with Crippen molar-refractivity contribution in [3.8, 4) is 5.75 Å². The summed E-state index contributed by atoms with van der Waals surface area (Å²) in [6.07, 6.45) is -2.14. The Balaban J connectivity index is 1.82. The number of nitrogens with zero attached hydrogens (tertiary/aromatic N) is 3. The minimum atomic E-state index is -0.898. The summed E-state index contributed by atoms with van der Waals surface area (Å²) in [4.78, 5) is 46.8. The summed E-state index contributed by atoms with van der Waals surface area (Å²) in [6, 6.07) is 10.7. The van der Waals surface area contributed by atoms with Gasteiger partial charge in [-0.3, -0.25) is 0 Å². The van der Waals surface area contributed by atoms with Crippen LogP contribution < -0.4 is 10.2 Å². The highest BCUT2D eigenvalue weighted by Crippen LogP contribution is 2.28. The first-order chi connectivity index (χ1) is 21.7. The number of carbonyl (C=O) groups excluding carboxylic acids is 3. The molecular weight excluding hydrogens is 604 g/mol. The van der Waals surface area contributed by atoms with E-state index in [1.165, 1.54) is 0 Å². The number of pyridine rings is 1. The average Bonchev–Trinajstić information content (AvgIpc) is 3.28. The molecule has 12 heteroatoms. The monoisotopic (exact) mass is 656 g/mol. The standard InChI is InChI=1S/C35H52N4O8/c1-23-17-26(37-29(18-23)39(31(42)46-34(5,6)7)32(43)47-35(8,9)10)19-25-21-38(30(41)45-33(2,3)4)22-28(25)44-16-15-36-20-24-13-11-12-14-27(24)40/h11-14,17-18,25,28,36,40H,15-16,19-22H2,1-10H3/t25-,28+/m0/s1. The second-order valence-corrected chi connectivity index (χ2v) is 14.9. The van der Waals surface area contributed by atoms with E-state index in [-0.39, 0.29) is 23.6 Å². The molecule has 1 aromatic heterocycles. The van der Waals surface area contributed by atoms with Gasteiger partial charge < -0.3 is 34.3 Å². The molecule has 2 atom stereocenters. The molecule has 1 aliphatic rings. The maximum Gasteiger partial charge on any atom is 0.425 e. The average molecular weight is 657 g/mol. The van der Waals surface area contributed by atoms with E-state index in [4.69, 9.17) is 23.9 Å². The third-order valence-corrected chi connectivity index (χ3v) is 6.81. The Morgan fingerprint density at radius 3 is 2.09 bits per heavy atom. The summed E-state index contributed by atoms with van der Waals surface area (Å²) in [6.45, 7) is 19.7. The number of nitrogens with one attached hydrogen (secondary N) is 1. The number of imide groups is 1. The molecule has 0 radical (unpaired) electrons. The predicted molar refractivity (Wildman–Crippen MR) is 178 cm³/mol. The van der Waals surface area contributed by atoms with Crippen molar-refractivity contribution in [1.82, 2.24) is 15.2 Å². The van der Waals surface area contributed by atoms with Crippen LogP contribution in [-0.4, -0.2) is 82.4 Å².